The molecular weight excluding hydrogens is 326 g/mol. The van der Waals surface area contributed by atoms with E-state index in [1.54, 1.807) is 0 Å². The van der Waals surface area contributed by atoms with Gasteiger partial charge in [-0.3, -0.25) is 9.69 Å². The summed E-state index contributed by atoms with van der Waals surface area (Å²) in [7, 11) is 2.21. The molecule has 26 heavy (non-hydrogen) atoms. The molecule has 2 saturated heterocycles. The Kier molecular flexibility index (Phi) is 6.54. The van der Waals surface area contributed by atoms with Gasteiger partial charge >= 0.3 is 0 Å². The molecule has 0 N–H and O–H groups in total. The fourth-order valence-electron chi connectivity index (χ4n) is 4.14. The van der Waals surface area contributed by atoms with E-state index in [1.807, 2.05) is 36.1 Å². The van der Waals surface area contributed by atoms with Crippen LogP contribution in [0.5, 0.6) is 5.75 Å². The molecule has 3 rings (SSSR count). The Morgan fingerprint density at radius 2 is 1.81 bits per heavy atom. The van der Waals surface area contributed by atoms with Gasteiger partial charge in [-0.05, 0) is 63.9 Å². The monoisotopic (exact) mass is 359 g/mol. The normalized spacial score (nSPS) is 23.2. The van der Waals surface area contributed by atoms with Gasteiger partial charge in [0.15, 0.2) is 0 Å². The van der Waals surface area contributed by atoms with Crippen molar-refractivity contribution in [1.82, 2.24) is 14.7 Å². The van der Waals surface area contributed by atoms with Crippen LogP contribution in [0.1, 0.15) is 37.0 Å². The molecule has 1 amide bonds. The summed E-state index contributed by atoms with van der Waals surface area (Å²) in [6.45, 7) is 11.4. The van der Waals surface area contributed by atoms with Crippen LogP contribution in [0.2, 0.25) is 0 Å². The van der Waals surface area contributed by atoms with Crippen molar-refractivity contribution in [3.8, 4) is 5.75 Å². The third-order valence-electron chi connectivity index (χ3n) is 5.77. The largest absolute Gasteiger partial charge is 0.494 e. The maximum absolute atomic E-state index is 12.7. The van der Waals surface area contributed by atoms with Gasteiger partial charge in [-0.2, -0.15) is 0 Å². The summed E-state index contributed by atoms with van der Waals surface area (Å²) in [5, 5.41) is 0. The number of carbonyl (C=O) groups is 1. The number of amides is 1. The Balaban J connectivity index is 1.47. The topological polar surface area (TPSA) is 36.0 Å². The molecule has 5 nitrogen and oxygen atoms in total. The van der Waals surface area contributed by atoms with E-state index in [-0.39, 0.29) is 5.91 Å². The fraction of sp³-hybridized carbons (Fsp3) is 0.667. The first-order valence-electron chi connectivity index (χ1n) is 10.0. The van der Waals surface area contributed by atoms with E-state index in [2.05, 4.69) is 23.8 Å². The summed E-state index contributed by atoms with van der Waals surface area (Å²) in [6.07, 6.45) is 2.23. The first-order chi connectivity index (χ1) is 12.6. The second-order valence-corrected chi connectivity index (χ2v) is 7.80. The van der Waals surface area contributed by atoms with Crippen LogP contribution in [0.3, 0.4) is 0 Å². The summed E-state index contributed by atoms with van der Waals surface area (Å²) < 4.78 is 5.46. The van der Waals surface area contributed by atoms with Crippen molar-refractivity contribution in [3.63, 3.8) is 0 Å². The van der Waals surface area contributed by atoms with Crippen molar-refractivity contribution < 1.29 is 9.53 Å². The summed E-state index contributed by atoms with van der Waals surface area (Å²) in [5.74, 6) is 1.69. The molecule has 0 radical (unpaired) electrons. The maximum Gasteiger partial charge on any atom is 0.253 e. The van der Waals surface area contributed by atoms with Gasteiger partial charge in [-0.25, -0.2) is 0 Å². The summed E-state index contributed by atoms with van der Waals surface area (Å²) in [5.41, 5.74) is 0.764. The van der Waals surface area contributed by atoms with Crippen LogP contribution in [-0.2, 0) is 0 Å². The maximum atomic E-state index is 12.7. The summed E-state index contributed by atoms with van der Waals surface area (Å²) in [4.78, 5) is 19.8. The van der Waals surface area contributed by atoms with Crippen molar-refractivity contribution in [3.05, 3.63) is 29.8 Å². The highest BCUT2D eigenvalue weighted by molar-refractivity contribution is 5.94. The lowest BCUT2D eigenvalue weighted by Crippen LogP contribution is -2.52. The van der Waals surface area contributed by atoms with E-state index in [0.717, 1.165) is 43.8 Å². The molecule has 1 aromatic carbocycles. The van der Waals surface area contributed by atoms with Gasteiger partial charge in [0.25, 0.3) is 5.91 Å². The molecule has 0 bridgehead atoms. The quantitative estimate of drug-likeness (QED) is 0.810. The Morgan fingerprint density at radius 3 is 2.42 bits per heavy atom. The molecule has 2 fully saturated rings. The minimum Gasteiger partial charge on any atom is -0.494 e. The van der Waals surface area contributed by atoms with E-state index >= 15 is 0 Å². The Hall–Kier alpha value is -1.59. The highest BCUT2D eigenvalue weighted by Gasteiger charge is 2.28. The number of likely N-dealkylation sites (N-methyl/N-ethyl adjacent to an activating group) is 1. The highest BCUT2D eigenvalue weighted by atomic mass is 16.5. The second-order valence-electron chi connectivity index (χ2n) is 7.80. The lowest BCUT2D eigenvalue weighted by molar-refractivity contribution is 0.0556. The zero-order valence-electron chi connectivity index (χ0n) is 16.5. The van der Waals surface area contributed by atoms with Gasteiger partial charge in [0.2, 0.25) is 0 Å². The number of benzene rings is 1. The molecule has 2 aliphatic rings. The van der Waals surface area contributed by atoms with Gasteiger partial charge in [-0.1, -0.05) is 0 Å². The zero-order valence-corrected chi connectivity index (χ0v) is 16.5. The standard InChI is InChI=1S/C21H33N3O2/c1-4-26-20-7-5-19(6-8-20)21(25)23-11-9-18(10-12-23)16-24-14-13-22(3)15-17(24)2/h5-8,17-18H,4,9-16H2,1-3H3/t17-/m1/s1. The third kappa shape index (κ3) is 4.77. The third-order valence-corrected chi connectivity index (χ3v) is 5.77. The predicted molar refractivity (Wildman–Crippen MR) is 105 cm³/mol. The molecule has 1 atom stereocenters. The van der Waals surface area contributed by atoms with Crippen molar-refractivity contribution in [1.29, 1.82) is 0 Å². The lowest BCUT2D eigenvalue weighted by atomic mass is 9.94. The SMILES string of the molecule is CCOc1ccc(C(=O)N2CCC(CN3CCN(C)C[C@H]3C)CC2)cc1. The van der Waals surface area contributed by atoms with Crippen LogP contribution in [0, 0.1) is 5.92 Å². The molecule has 0 aromatic heterocycles. The Morgan fingerprint density at radius 1 is 1.12 bits per heavy atom. The lowest BCUT2D eigenvalue weighted by Gasteiger charge is -2.41. The fourth-order valence-corrected chi connectivity index (χ4v) is 4.14. The van der Waals surface area contributed by atoms with Crippen LogP contribution in [0.25, 0.3) is 0 Å². The number of piperazine rings is 1. The molecular formula is C21H33N3O2. The average molecular weight is 360 g/mol. The molecule has 1 aromatic rings. The zero-order chi connectivity index (χ0) is 18.5. The molecule has 144 valence electrons. The first kappa shape index (κ1) is 19.2. The van der Waals surface area contributed by atoms with E-state index in [9.17, 15) is 4.79 Å². The number of nitrogens with zero attached hydrogens (tertiary/aromatic N) is 3. The smallest absolute Gasteiger partial charge is 0.253 e. The number of carbonyl (C=O) groups excluding carboxylic acids is 1. The average Bonchev–Trinajstić information content (AvgIpc) is 2.65. The van der Waals surface area contributed by atoms with Gasteiger partial charge in [-0.15, -0.1) is 0 Å². The Labute approximate surface area is 157 Å². The number of ether oxygens (including phenoxy) is 1. The van der Waals surface area contributed by atoms with Crippen LogP contribution in [0.4, 0.5) is 0 Å². The van der Waals surface area contributed by atoms with E-state index in [4.69, 9.17) is 4.74 Å². The molecule has 0 saturated carbocycles. The van der Waals surface area contributed by atoms with Gasteiger partial charge in [0, 0.05) is 50.9 Å². The number of piperidine rings is 1. The molecule has 5 heteroatoms. The number of hydrogen-bond donors (Lipinski definition) is 0. The van der Waals surface area contributed by atoms with Gasteiger partial charge in [0.05, 0.1) is 6.61 Å². The molecule has 2 aliphatic heterocycles. The first-order valence-corrected chi connectivity index (χ1v) is 10.0. The van der Waals surface area contributed by atoms with Crippen LogP contribution >= 0.6 is 0 Å². The van der Waals surface area contributed by atoms with Crippen molar-refractivity contribution >= 4 is 5.91 Å². The number of likely N-dealkylation sites (tertiary alicyclic amines) is 1. The van der Waals surface area contributed by atoms with Crippen molar-refractivity contribution in [2.75, 3.05) is 52.9 Å². The Bertz CT molecular complexity index is 581. The van der Waals surface area contributed by atoms with E-state index in [0.29, 0.717) is 18.6 Å². The molecule has 0 spiro atoms. The van der Waals surface area contributed by atoms with Crippen molar-refractivity contribution in [2.24, 2.45) is 5.92 Å². The van der Waals surface area contributed by atoms with E-state index < -0.39 is 0 Å². The minimum atomic E-state index is 0.152. The molecule has 0 aliphatic carbocycles. The summed E-state index contributed by atoms with van der Waals surface area (Å²) in [6, 6.07) is 8.17. The predicted octanol–water partition coefficient (Wildman–Crippen LogP) is 2.57. The van der Waals surface area contributed by atoms with E-state index in [1.165, 1.54) is 19.6 Å². The highest BCUT2D eigenvalue weighted by Crippen LogP contribution is 2.22. The molecule has 2 heterocycles. The second kappa shape index (κ2) is 8.87. The van der Waals surface area contributed by atoms with Gasteiger partial charge < -0.3 is 14.5 Å². The number of rotatable bonds is 5. The van der Waals surface area contributed by atoms with Crippen LogP contribution < -0.4 is 4.74 Å². The summed E-state index contributed by atoms with van der Waals surface area (Å²) >= 11 is 0. The molecule has 0 unspecified atom stereocenters. The van der Waals surface area contributed by atoms with Crippen LogP contribution in [0.15, 0.2) is 24.3 Å². The minimum absolute atomic E-state index is 0.152. The number of hydrogen-bond acceptors (Lipinski definition) is 4. The van der Waals surface area contributed by atoms with Crippen LogP contribution in [-0.4, -0.2) is 79.6 Å². The van der Waals surface area contributed by atoms with Crippen molar-refractivity contribution in [2.45, 2.75) is 32.7 Å². The van der Waals surface area contributed by atoms with Gasteiger partial charge in [0.1, 0.15) is 5.75 Å².